The first-order valence-corrected chi connectivity index (χ1v) is 10.6. The maximum atomic E-state index is 12.9. The molecule has 0 amide bonds. The Labute approximate surface area is 196 Å². The highest BCUT2D eigenvalue weighted by atomic mass is 16.6. The van der Waals surface area contributed by atoms with Gasteiger partial charge in [0.25, 0.3) is 0 Å². The van der Waals surface area contributed by atoms with Gasteiger partial charge in [-0.05, 0) is 67.4 Å². The summed E-state index contributed by atoms with van der Waals surface area (Å²) in [5, 5.41) is 11.7. The number of nitrogens with zero attached hydrogens (tertiary/aromatic N) is 1. The molecule has 0 spiro atoms. The minimum atomic E-state index is -0.584. The van der Waals surface area contributed by atoms with Crippen LogP contribution < -0.4 is 4.74 Å². The lowest BCUT2D eigenvalue weighted by Crippen LogP contribution is -2.04. The van der Waals surface area contributed by atoms with E-state index in [1.807, 2.05) is 26.0 Å². The van der Waals surface area contributed by atoms with E-state index >= 15 is 0 Å². The van der Waals surface area contributed by atoms with Crippen molar-refractivity contribution in [1.82, 2.24) is 0 Å². The molecule has 0 aliphatic rings. The molecule has 6 nitrogen and oxygen atoms in total. The number of hydrogen-bond acceptors (Lipinski definition) is 5. The number of ether oxygens (including phenoxy) is 1. The summed E-state index contributed by atoms with van der Waals surface area (Å²) in [5.41, 5.74) is 3.41. The third kappa shape index (κ3) is 4.76. The van der Waals surface area contributed by atoms with E-state index in [9.17, 15) is 19.7 Å². The van der Waals surface area contributed by atoms with Crippen LogP contribution in [0.5, 0.6) is 11.5 Å². The van der Waals surface area contributed by atoms with Gasteiger partial charge in [-0.25, -0.2) is 0 Å². The largest absolute Gasteiger partial charge is 0.450 e. The molecular formula is C28H21NO5. The van der Waals surface area contributed by atoms with Crippen LogP contribution in [0.3, 0.4) is 0 Å². The van der Waals surface area contributed by atoms with Gasteiger partial charge < -0.3 is 4.74 Å². The summed E-state index contributed by atoms with van der Waals surface area (Å²) >= 11 is 0. The van der Waals surface area contributed by atoms with Crippen molar-refractivity contribution in [1.29, 1.82) is 0 Å². The predicted octanol–water partition coefficient (Wildman–Crippen LogP) is 6.47. The first kappa shape index (κ1) is 22.6. The molecule has 0 heterocycles. The molecule has 0 bridgehead atoms. The zero-order chi connectivity index (χ0) is 24.2. The standard InChI is InChI=1S/C28H21NO5/c1-18-8-9-22(16-19(18)2)28(31)23-12-15-26(25(17-23)29(32)33)34-24-13-10-21(11-14-24)27(30)20-6-4-3-5-7-20/h3-17H,1-2H3. The van der Waals surface area contributed by atoms with Gasteiger partial charge in [0.2, 0.25) is 5.75 Å². The Morgan fingerprint density at radius 1 is 0.676 bits per heavy atom. The molecule has 0 aliphatic heterocycles. The van der Waals surface area contributed by atoms with Crippen molar-refractivity contribution in [3.63, 3.8) is 0 Å². The second-order valence-electron chi connectivity index (χ2n) is 7.89. The lowest BCUT2D eigenvalue weighted by molar-refractivity contribution is -0.385. The number of nitro groups is 1. The van der Waals surface area contributed by atoms with Crippen LogP contribution in [-0.4, -0.2) is 16.5 Å². The molecule has 0 saturated heterocycles. The van der Waals surface area contributed by atoms with Gasteiger partial charge in [-0.15, -0.1) is 0 Å². The lowest BCUT2D eigenvalue weighted by Gasteiger charge is -2.09. The van der Waals surface area contributed by atoms with Gasteiger partial charge in [0.1, 0.15) is 5.75 Å². The van der Waals surface area contributed by atoms with Crippen LogP contribution in [0, 0.1) is 24.0 Å². The van der Waals surface area contributed by atoms with Crippen LogP contribution in [0.4, 0.5) is 5.69 Å². The second kappa shape index (κ2) is 9.50. The fourth-order valence-corrected chi connectivity index (χ4v) is 3.49. The smallest absolute Gasteiger partial charge is 0.312 e. The van der Waals surface area contributed by atoms with Crippen molar-refractivity contribution in [3.8, 4) is 11.5 Å². The average Bonchev–Trinajstić information content (AvgIpc) is 2.86. The van der Waals surface area contributed by atoms with Gasteiger partial charge >= 0.3 is 5.69 Å². The molecule has 168 valence electrons. The predicted molar refractivity (Wildman–Crippen MR) is 129 cm³/mol. The molecule has 0 atom stereocenters. The van der Waals surface area contributed by atoms with Gasteiger partial charge in [-0.2, -0.15) is 0 Å². The van der Waals surface area contributed by atoms with E-state index in [0.29, 0.717) is 22.4 Å². The topological polar surface area (TPSA) is 86.5 Å². The maximum Gasteiger partial charge on any atom is 0.312 e. The van der Waals surface area contributed by atoms with E-state index in [1.165, 1.54) is 18.2 Å². The summed E-state index contributed by atoms with van der Waals surface area (Å²) in [5.74, 6) is -0.0985. The van der Waals surface area contributed by atoms with E-state index in [1.54, 1.807) is 60.7 Å². The molecular weight excluding hydrogens is 430 g/mol. The molecule has 0 saturated carbocycles. The Kier molecular flexibility index (Phi) is 6.32. The first-order chi connectivity index (χ1) is 16.3. The van der Waals surface area contributed by atoms with E-state index in [0.717, 1.165) is 11.1 Å². The van der Waals surface area contributed by atoms with E-state index in [-0.39, 0.29) is 28.6 Å². The number of hydrogen-bond donors (Lipinski definition) is 0. The minimum absolute atomic E-state index is 0.00349. The summed E-state index contributed by atoms with van der Waals surface area (Å²) in [7, 11) is 0. The van der Waals surface area contributed by atoms with Crippen molar-refractivity contribution in [2.75, 3.05) is 0 Å². The molecule has 4 aromatic rings. The maximum absolute atomic E-state index is 12.9. The highest BCUT2D eigenvalue weighted by Gasteiger charge is 2.21. The molecule has 0 aliphatic carbocycles. The van der Waals surface area contributed by atoms with Crippen molar-refractivity contribution < 1.29 is 19.2 Å². The third-order valence-corrected chi connectivity index (χ3v) is 5.57. The van der Waals surface area contributed by atoms with Gasteiger partial charge in [0, 0.05) is 28.3 Å². The molecule has 6 heteroatoms. The number of nitro benzene ring substituents is 1. The molecule has 0 N–H and O–H groups in total. The Hall–Kier alpha value is -4.58. The third-order valence-electron chi connectivity index (χ3n) is 5.57. The number of rotatable bonds is 7. The van der Waals surface area contributed by atoms with E-state index in [4.69, 9.17) is 4.74 Å². The van der Waals surface area contributed by atoms with Crippen LogP contribution in [-0.2, 0) is 0 Å². The zero-order valence-corrected chi connectivity index (χ0v) is 18.6. The number of aryl methyl sites for hydroxylation is 2. The molecule has 4 rings (SSSR count). The Morgan fingerprint density at radius 2 is 1.24 bits per heavy atom. The first-order valence-electron chi connectivity index (χ1n) is 10.6. The zero-order valence-electron chi connectivity index (χ0n) is 18.6. The van der Waals surface area contributed by atoms with Crippen LogP contribution in [0.25, 0.3) is 0 Å². The SMILES string of the molecule is Cc1ccc(C(=O)c2ccc(Oc3ccc(C(=O)c4ccccc4)cc3)c([N+](=O)[O-])c2)cc1C. The second-order valence-corrected chi connectivity index (χ2v) is 7.89. The highest BCUT2D eigenvalue weighted by molar-refractivity contribution is 6.10. The molecule has 34 heavy (non-hydrogen) atoms. The summed E-state index contributed by atoms with van der Waals surface area (Å²) in [6.07, 6.45) is 0. The molecule has 0 radical (unpaired) electrons. The summed E-state index contributed by atoms with van der Waals surface area (Å²) in [6.45, 7) is 3.86. The number of benzene rings is 4. The highest BCUT2D eigenvalue weighted by Crippen LogP contribution is 2.33. The summed E-state index contributed by atoms with van der Waals surface area (Å²) < 4.78 is 5.72. The molecule has 0 aromatic heterocycles. The van der Waals surface area contributed by atoms with Crippen molar-refractivity contribution in [2.24, 2.45) is 0 Å². The van der Waals surface area contributed by atoms with Crippen LogP contribution in [0.2, 0.25) is 0 Å². The summed E-state index contributed by atoms with van der Waals surface area (Å²) in [6, 6.07) is 24.7. The molecule has 0 unspecified atom stereocenters. The monoisotopic (exact) mass is 451 g/mol. The number of carbonyl (C=O) groups excluding carboxylic acids is 2. The summed E-state index contributed by atoms with van der Waals surface area (Å²) in [4.78, 5) is 36.5. The molecule has 0 fully saturated rings. The van der Waals surface area contributed by atoms with E-state index < -0.39 is 4.92 Å². The van der Waals surface area contributed by atoms with Crippen molar-refractivity contribution in [3.05, 3.63) is 134 Å². The number of ketones is 2. The van der Waals surface area contributed by atoms with Gasteiger partial charge in [0.05, 0.1) is 4.92 Å². The van der Waals surface area contributed by atoms with Gasteiger partial charge in [-0.3, -0.25) is 19.7 Å². The number of carbonyl (C=O) groups is 2. The minimum Gasteiger partial charge on any atom is -0.450 e. The normalized spacial score (nSPS) is 10.5. The Bertz CT molecular complexity index is 1390. The fourth-order valence-electron chi connectivity index (χ4n) is 3.49. The van der Waals surface area contributed by atoms with E-state index in [2.05, 4.69) is 0 Å². The van der Waals surface area contributed by atoms with Crippen molar-refractivity contribution in [2.45, 2.75) is 13.8 Å². The Balaban J connectivity index is 1.57. The average molecular weight is 451 g/mol. The van der Waals surface area contributed by atoms with Crippen LogP contribution >= 0.6 is 0 Å². The quantitative estimate of drug-likeness (QED) is 0.183. The van der Waals surface area contributed by atoms with Crippen LogP contribution in [0.1, 0.15) is 43.0 Å². The fraction of sp³-hybridized carbons (Fsp3) is 0.0714. The van der Waals surface area contributed by atoms with Gasteiger partial charge in [0.15, 0.2) is 11.6 Å². The van der Waals surface area contributed by atoms with Crippen LogP contribution in [0.15, 0.2) is 91.0 Å². The van der Waals surface area contributed by atoms with Crippen molar-refractivity contribution >= 4 is 17.3 Å². The Morgan fingerprint density at radius 3 is 1.88 bits per heavy atom. The van der Waals surface area contributed by atoms with Gasteiger partial charge in [-0.1, -0.05) is 42.5 Å². The molecule has 4 aromatic carbocycles. The lowest BCUT2D eigenvalue weighted by atomic mass is 9.99.